The van der Waals surface area contributed by atoms with E-state index in [-0.39, 0.29) is 21.6 Å². The molecule has 5 rings (SSSR count). The van der Waals surface area contributed by atoms with Gasteiger partial charge >= 0.3 is 15.6 Å². The molecule has 1 aromatic heterocycles. The first kappa shape index (κ1) is 21.2. The van der Waals surface area contributed by atoms with Crippen molar-refractivity contribution in [3.8, 4) is 5.69 Å². The van der Waals surface area contributed by atoms with E-state index in [9.17, 15) is 31.2 Å². The molecule has 1 aliphatic heterocycles. The molecule has 0 bridgehead atoms. The number of amides is 2. The fourth-order valence-corrected chi connectivity index (χ4v) is 4.34. The standard InChI is InChI=1S/C22H13F3N2O5S/c1-12-5-6-13-9-10-26(18(13)11-12)17-8-7-16-19-14(17)3-2-4-15(19)20(28)27(21(16)29)32-33(30,31)22(23,24)25/h2-11H,1H3. The number of hydrogen-bond acceptors (Lipinski definition) is 5. The van der Waals surface area contributed by atoms with Crippen molar-refractivity contribution in [1.82, 2.24) is 9.63 Å². The molecule has 168 valence electrons. The number of aryl methyl sites for hydroxylation is 1. The van der Waals surface area contributed by atoms with Crippen molar-refractivity contribution in [3.05, 3.63) is 77.5 Å². The molecular formula is C22H13F3N2O5S. The number of imide groups is 1. The highest BCUT2D eigenvalue weighted by Gasteiger charge is 2.51. The van der Waals surface area contributed by atoms with E-state index in [1.54, 1.807) is 12.1 Å². The number of benzene rings is 3. The van der Waals surface area contributed by atoms with Crippen LogP contribution in [-0.4, -0.2) is 35.4 Å². The molecule has 4 aromatic rings. The number of nitrogens with zero attached hydrogens (tertiary/aromatic N) is 2. The topological polar surface area (TPSA) is 85.7 Å². The van der Waals surface area contributed by atoms with Crippen LogP contribution in [0, 0.1) is 6.92 Å². The third kappa shape index (κ3) is 3.11. The first-order valence-electron chi connectivity index (χ1n) is 9.53. The van der Waals surface area contributed by atoms with E-state index < -0.39 is 27.4 Å². The van der Waals surface area contributed by atoms with Gasteiger partial charge in [0.05, 0.1) is 22.3 Å². The first-order chi connectivity index (χ1) is 15.5. The van der Waals surface area contributed by atoms with Crippen molar-refractivity contribution in [1.29, 1.82) is 0 Å². The molecule has 2 heterocycles. The molecule has 7 nitrogen and oxygen atoms in total. The summed E-state index contributed by atoms with van der Waals surface area (Å²) >= 11 is 0. The highest BCUT2D eigenvalue weighted by molar-refractivity contribution is 7.87. The summed E-state index contributed by atoms with van der Waals surface area (Å²) in [5.74, 6) is -2.62. The van der Waals surface area contributed by atoms with Gasteiger partial charge in [-0.05, 0) is 48.2 Å². The quantitative estimate of drug-likeness (QED) is 0.323. The van der Waals surface area contributed by atoms with Crippen LogP contribution in [0.3, 0.4) is 0 Å². The minimum absolute atomic E-state index is 0.158. The zero-order valence-electron chi connectivity index (χ0n) is 16.8. The van der Waals surface area contributed by atoms with Gasteiger partial charge < -0.3 is 4.57 Å². The average Bonchev–Trinajstić information content (AvgIpc) is 3.16. The first-order valence-corrected chi connectivity index (χ1v) is 10.9. The third-order valence-corrected chi connectivity index (χ3v) is 6.32. The number of carbonyl (C=O) groups excluding carboxylic acids is 2. The van der Waals surface area contributed by atoms with Crippen molar-refractivity contribution in [3.63, 3.8) is 0 Å². The van der Waals surface area contributed by atoms with Gasteiger partial charge in [-0.15, -0.1) is 9.35 Å². The molecule has 0 radical (unpaired) electrons. The summed E-state index contributed by atoms with van der Waals surface area (Å²) in [6.45, 7) is 1.94. The lowest BCUT2D eigenvalue weighted by atomic mass is 9.94. The number of hydroxylamine groups is 2. The van der Waals surface area contributed by atoms with Crippen LogP contribution in [0.25, 0.3) is 27.4 Å². The Hall–Kier alpha value is -3.70. The van der Waals surface area contributed by atoms with Crippen molar-refractivity contribution in [2.75, 3.05) is 0 Å². The Morgan fingerprint density at radius 2 is 1.61 bits per heavy atom. The normalized spacial score (nSPS) is 14.5. The maximum absolute atomic E-state index is 12.8. The maximum atomic E-state index is 12.8. The molecule has 1 aliphatic rings. The van der Waals surface area contributed by atoms with Crippen LogP contribution >= 0.6 is 0 Å². The monoisotopic (exact) mass is 474 g/mol. The Balaban J connectivity index is 1.70. The second kappa shape index (κ2) is 6.90. The van der Waals surface area contributed by atoms with Crippen LogP contribution in [0.2, 0.25) is 0 Å². The van der Waals surface area contributed by atoms with Crippen LogP contribution in [0.5, 0.6) is 0 Å². The second-order valence-corrected chi connectivity index (χ2v) is 9.01. The Morgan fingerprint density at radius 3 is 2.30 bits per heavy atom. The average molecular weight is 474 g/mol. The summed E-state index contributed by atoms with van der Waals surface area (Å²) in [5, 5.41) is 1.28. The zero-order chi connectivity index (χ0) is 23.7. The highest BCUT2D eigenvalue weighted by atomic mass is 32.2. The molecule has 0 saturated heterocycles. The summed E-state index contributed by atoms with van der Waals surface area (Å²) in [4.78, 5) is 25.6. The fourth-order valence-electron chi connectivity index (χ4n) is 3.93. The molecular weight excluding hydrogens is 461 g/mol. The van der Waals surface area contributed by atoms with Crippen LogP contribution in [0.1, 0.15) is 26.3 Å². The highest BCUT2D eigenvalue weighted by Crippen LogP contribution is 2.36. The molecule has 0 unspecified atom stereocenters. The summed E-state index contributed by atoms with van der Waals surface area (Å²) in [7, 11) is -6.23. The van der Waals surface area contributed by atoms with Crippen LogP contribution < -0.4 is 0 Å². The molecule has 11 heteroatoms. The molecule has 0 atom stereocenters. The van der Waals surface area contributed by atoms with E-state index in [1.807, 2.05) is 42.0 Å². The molecule has 0 saturated carbocycles. The Morgan fingerprint density at radius 1 is 0.909 bits per heavy atom. The van der Waals surface area contributed by atoms with Crippen molar-refractivity contribution < 1.29 is 35.5 Å². The van der Waals surface area contributed by atoms with Crippen LogP contribution in [-0.2, 0) is 14.4 Å². The van der Waals surface area contributed by atoms with Crippen LogP contribution in [0.15, 0.2) is 60.8 Å². The molecule has 33 heavy (non-hydrogen) atoms. The van der Waals surface area contributed by atoms with E-state index in [4.69, 9.17) is 0 Å². The van der Waals surface area contributed by atoms with Gasteiger partial charge in [-0.3, -0.25) is 9.59 Å². The lowest BCUT2D eigenvalue weighted by Crippen LogP contribution is -2.44. The lowest BCUT2D eigenvalue weighted by molar-refractivity contribution is -0.0761. The van der Waals surface area contributed by atoms with E-state index in [1.165, 1.54) is 18.2 Å². The van der Waals surface area contributed by atoms with Gasteiger partial charge in [-0.2, -0.15) is 21.6 Å². The molecule has 0 spiro atoms. The number of alkyl halides is 3. The molecule has 0 fully saturated rings. The summed E-state index contributed by atoms with van der Waals surface area (Å²) < 4.78 is 66.9. The van der Waals surface area contributed by atoms with Gasteiger partial charge in [0.2, 0.25) is 0 Å². The third-order valence-electron chi connectivity index (χ3n) is 5.41. The number of rotatable bonds is 3. The molecule has 2 amide bonds. The number of carbonyl (C=O) groups is 2. The lowest BCUT2D eigenvalue weighted by Gasteiger charge is -2.26. The second-order valence-electron chi connectivity index (χ2n) is 7.49. The van der Waals surface area contributed by atoms with Crippen LogP contribution in [0.4, 0.5) is 13.2 Å². The number of hydrogen-bond donors (Lipinski definition) is 0. The Bertz CT molecular complexity index is 1580. The Kier molecular flexibility index (Phi) is 4.42. The largest absolute Gasteiger partial charge is 0.525 e. The van der Waals surface area contributed by atoms with Crippen molar-refractivity contribution >= 4 is 43.6 Å². The van der Waals surface area contributed by atoms with E-state index in [0.29, 0.717) is 11.1 Å². The predicted octanol–water partition coefficient (Wildman–Crippen LogP) is 4.47. The van der Waals surface area contributed by atoms with Gasteiger partial charge in [-0.25, -0.2) is 0 Å². The SMILES string of the molecule is Cc1ccc2ccn(-c3ccc4c5c(cccc35)C(=O)N(OS(=O)(=O)C(F)(F)F)C4=O)c2c1. The fraction of sp³-hybridized carbons (Fsp3) is 0.0909. The van der Waals surface area contributed by atoms with E-state index >= 15 is 0 Å². The zero-order valence-corrected chi connectivity index (χ0v) is 17.6. The van der Waals surface area contributed by atoms with Crippen molar-refractivity contribution in [2.24, 2.45) is 0 Å². The van der Waals surface area contributed by atoms with Gasteiger partial charge in [0, 0.05) is 17.0 Å². The number of halogens is 3. The van der Waals surface area contributed by atoms with E-state index in [2.05, 4.69) is 4.28 Å². The van der Waals surface area contributed by atoms with Gasteiger partial charge in [0.25, 0.3) is 11.8 Å². The van der Waals surface area contributed by atoms with Gasteiger partial charge in [0.15, 0.2) is 0 Å². The summed E-state index contributed by atoms with van der Waals surface area (Å²) in [5.41, 5.74) is -3.59. The number of fused-ring (bicyclic) bond motifs is 1. The van der Waals surface area contributed by atoms with Gasteiger partial charge in [-0.1, -0.05) is 24.3 Å². The van der Waals surface area contributed by atoms with E-state index in [0.717, 1.165) is 16.5 Å². The predicted molar refractivity (Wildman–Crippen MR) is 112 cm³/mol. The van der Waals surface area contributed by atoms with Crippen molar-refractivity contribution in [2.45, 2.75) is 12.4 Å². The molecule has 3 aromatic carbocycles. The number of aromatic nitrogens is 1. The van der Waals surface area contributed by atoms with Gasteiger partial charge in [0.1, 0.15) is 0 Å². The molecule has 0 N–H and O–H groups in total. The minimum atomic E-state index is -6.23. The summed E-state index contributed by atoms with van der Waals surface area (Å²) in [6.07, 6.45) is 1.83. The Labute approximate surface area is 184 Å². The smallest absolute Gasteiger partial charge is 0.316 e. The minimum Gasteiger partial charge on any atom is -0.316 e. The molecule has 0 aliphatic carbocycles. The maximum Gasteiger partial charge on any atom is 0.525 e. The summed E-state index contributed by atoms with van der Waals surface area (Å²) in [6, 6.07) is 15.1.